The minimum absolute atomic E-state index is 0.00443. The smallest absolute Gasteiger partial charge is 0.408 e. The third kappa shape index (κ3) is 12.1. The van der Waals surface area contributed by atoms with Gasteiger partial charge in [0.2, 0.25) is 5.91 Å². The third-order valence-corrected chi connectivity index (χ3v) is 6.78. The number of carbonyl (C=O) groups is 4. The second-order valence-corrected chi connectivity index (χ2v) is 10.4. The van der Waals surface area contributed by atoms with Crippen molar-refractivity contribution in [1.29, 1.82) is 0 Å². The zero-order valence-corrected chi connectivity index (χ0v) is 24.3. The molecule has 0 bridgehead atoms. The highest BCUT2D eigenvalue weighted by Crippen LogP contribution is 2.10. The van der Waals surface area contributed by atoms with E-state index in [1.165, 1.54) is 11.8 Å². The molecule has 222 valence electrons. The van der Waals surface area contributed by atoms with Gasteiger partial charge in [0.15, 0.2) is 0 Å². The minimum Gasteiger partial charge on any atom is -0.461 e. The Kier molecular flexibility index (Phi) is 13.9. The molecule has 0 saturated heterocycles. The van der Waals surface area contributed by atoms with Gasteiger partial charge >= 0.3 is 18.0 Å². The molecule has 0 aromatic heterocycles. The largest absolute Gasteiger partial charge is 0.461 e. The molecule has 0 aliphatic heterocycles. The summed E-state index contributed by atoms with van der Waals surface area (Å²) in [5, 5.41) is 5.27. The average Bonchev–Trinajstić information content (AvgIpc) is 3.03. The quantitative estimate of drug-likeness (QED) is 0.180. The molecule has 3 rings (SSSR count). The maximum Gasteiger partial charge on any atom is 0.408 e. The van der Waals surface area contributed by atoms with Crippen molar-refractivity contribution in [2.45, 2.75) is 51.2 Å². The molecule has 0 radical (unpaired) electrons. The molecular formula is C32H36N2O7S. The fourth-order valence-corrected chi connectivity index (χ4v) is 4.31. The first-order valence-corrected chi connectivity index (χ1v) is 15.0. The van der Waals surface area contributed by atoms with E-state index >= 15 is 0 Å². The van der Waals surface area contributed by atoms with E-state index in [9.17, 15) is 19.2 Å². The van der Waals surface area contributed by atoms with Crippen LogP contribution in [0.5, 0.6) is 0 Å². The van der Waals surface area contributed by atoms with Gasteiger partial charge in [-0.1, -0.05) is 91.0 Å². The van der Waals surface area contributed by atoms with Crippen molar-refractivity contribution in [3.05, 3.63) is 108 Å². The number of ether oxygens (including phenoxy) is 3. The molecule has 0 spiro atoms. The predicted octanol–water partition coefficient (Wildman–Crippen LogP) is 4.79. The van der Waals surface area contributed by atoms with Gasteiger partial charge in [-0.05, 0) is 41.5 Å². The first-order chi connectivity index (χ1) is 20.4. The number of amides is 2. The summed E-state index contributed by atoms with van der Waals surface area (Å²) in [6, 6.07) is 25.4. The van der Waals surface area contributed by atoms with Gasteiger partial charge in [-0.15, -0.1) is 0 Å². The lowest BCUT2D eigenvalue weighted by Gasteiger charge is -2.22. The summed E-state index contributed by atoms with van der Waals surface area (Å²) in [4.78, 5) is 51.3. The number of benzene rings is 3. The monoisotopic (exact) mass is 592 g/mol. The molecule has 9 nitrogen and oxygen atoms in total. The number of hydrogen-bond donors (Lipinski definition) is 2. The fraction of sp³-hybridized carbons (Fsp3) is 0.312. The van der Waals surface area contributed by atoms with Crippen molar-refractivity contribution in [2.24, 2.45) is 0 Å². The van der Waals surface area contributed by atoms with Crippen LogP contribution < -0.4 is 10.6 Å². The number of nitrogens with one attached hydrogen (secondary N) is 2. The Morgan fingerprint density at radius 3 is 1.67 bits per heavy atom. The second-order valence-electron chi connectivity index (χ2n) is 9.38. The molecule has 0 fully saturated rings. The molecule has 3 aromatic rings. The number of hydrogen-bond acceptors (Lipinski definition) is 8. The third-order valence-electron chi connectivity index (χ3n) is 6.14. The Morgan fingerprint density at radius 2 is 1.14 bits per heavy atom. The lowest BCUT2D eigenvalue weighted by atomic mass is 10.1. The van der Waals surface area contributed by atoms with Crippen LogP contribution in [0.15, 0.2) is 91.0 Å². The average molecular weight is 593 g/mol. The van der Waals surface area contributed by atoms with Crippen LogP contribution in [0.25, 0.3) is 0 Å². The van der Waals surface area contributed by atoms with Crippen LogP contribution in [-0.2, 0) is 48.4 Å². The van der Waals surface area contributed by atoms with Crippen LogP contribution in [-0.4, -0.2) is 48.0 Å². The van der Waals surface area contributed by atoms with E-state index in [1.54, 1.807) is 0 Å². The molecule has 2 atom stereocenters. The molecule has 2 N–H and O–H groups in total. The van der Waals surface area contributed by atoms with E-state index in [-0.39, 0.29) is 32.7 Å². The Morgan fingerprint density at radius 1 is 0.643 bits per heavy atom. The molecule has 42 heavy (non-hydrogen) atoms. The molecule has 0 aliphatic rings. The summed E-state index contributed by atoms with van der Waals surface area (Å²) in [6.07, 6.45) is 1.26. The lowest BCUT2D eigenvalue weighted by Crippen LogP contribution is -2.52. The Bertz CT molecular complexity index is 1260. The van der Waals surface area contributed by atoms with Crippen molar-refractivity contribution in [2.75, 3.05) is 12.0 Å². The summed E-state index contributed by atoms with van der Waals surface area (Å²) in [7, 11) is 0. The zero-order chi connectivity index (χ0) is 30.0. The highest BCUT2D eigenvalue weighted by atomic mass is 32.2. The van der Waals surface area contributed by atoms with E-state index in [0.29, 0.717) is 12.2 Å². The number of thioether (sulfide) groups is 1. The summed E-state index contributed by atoms with van der Waals surface area (Å²) in [5.41, 5.74) is 2.41. The molecule has 0 aliphatic carbocycles. The Balaban J connectivity index is 1.61. The van der Waals surface area contributed by atoms with E-state index in [0.717, 1.165) is 16.7 Å². The van der Waals surface area contributed by atoms with Crippen molar-refractivity contribution in [1.82, 2.24) is 10.6 Å². The summed E-state index contributed by atoms with van der Waals surface area (Å²) < 4.78 is 16.1. The maximum absolute atomic E-state index is 13.3. The summed E-state index contributed by atoms with van der Waals surface area (Å²) in [6.45, 7) is 0.147. The Hall–Kier alpha value is -4.31. The van der Waals surface area contributed by atoms with Crippen molar-refractivity contribution in [3.8, 4) is 0 Å². The standard InChI is InChI=1S/C32H36N2O7S/c1-42-20-19-27(34-32(38)41-23-26-15-9-4-10-16-26)30(36)33-28(31(37)40-22-25-13-7-3-8-14-25)17-18-29(35)39-21-24-11-5-2-6-12-24/h2-16,27-28H,17-23H2,1H3,(H,33,36)(H,34,38)/t27-,28+/m0/s1. The molecule has 0 saturated carbocycles. The van der Waals surface area contributed by atoms with Gasteiger partial charge in [0.1, 0.15) is 31.9 Å². The second kappa shape index (κ2) is 18.2. The van der Waals surface area contributed by atoms with Gasteiger partial charge in [0, 0.05) is 6.42 Å². The van der Waals surface area contributed by atoms with Gasteiger partial charge in [0.25, 0.3) is 0 Å². The van der Waals surface area contributed by atoms with Crippen LogP contribution in [0.2, 0.25) is 0 Å². The normalized spacial score (nSPS) is 11.9. The number of rotatable bonds is 16. The van der Waals surface area contributed by atoms with E-state index in [4.69, 9.17) is 14.2 Å². The first kappa shape index (κ1) is 32.2. The minimum atomic E-state index is -1.13. The number of alkyl carbamates (subject to hydrolysis) is 1. The van der Waals surface area contributed by atoms with Crippen LogP contribution in [0.4, 0.5) is 4.79 Å². The first-order valence-electron chi connectivity index (χ1n) is 13.6. The van der Waals surface area contributed by atoms with Crippen LogP contribution >= 0.6 is 11.8 Å². The molecule has 0 heterocycles. The van der Waals surface area contributed by atoms with Crippen LogP contribution in [0.1, 0.15) is 36.0 Å². The van der Waals surface area contributed by atoms with E-state index in [2.05, 4.69) is 10.6 Å². The molecule has 10 heteroatoms. The summed E-state index contributed by atoms with van der Waals surface area (Å²) >= 11 is 1.51. The highest BCUT2D eigenvalue weighted by molar-refractivity contribution is 7.98. The molecule has 3 aromatic carbocycles. The van der Waals surface area contributed by atoms with Crippen LogP contribution in [0.3, 0.4) is 0 Å². The number of carbonyl (C=O) groups excluding carboxylic acids is 4. The van der Waals surface area contributed by atoms with Crippen molar-refractivity contribution < 1.29 is 33.4 Å². The van der Waals surface area contributed by atoms with Gasteiger partial charge in [-0.25, -0.2) is 9.59 Å². The van der Waals surface area contributed by atoms with Crippen molar-refractivity contribution >= 4 is 35.7 Å². The molecular weight excluding hydrogens is 556 g/mol. The van der Waals surface area contributed by atoms with Crippen molar-refractivity contribution in [3.63, 3.8) is 0 Å². The molecule has 2 amide bonds. The topological polar surface area (TPSA) is 120 Å². The van der Waals surface area contributed by atoms with E-state index < -0.39 is 36.0 Å². The van der Waals surface area contributed by atoms with Gasteiger partial charge in [-0.2, -0.15) is 11.8 Å². The van der Waals surface area contributed by atoms with Gasteiger partial charge < -0.3 is 24.8 Å². The molecule has 0 unspecified atom stereocenters. The SMILES string of the molecule is CSCC[C@H](NC(=O)OCc1ccccc1)C(=O)N[C@H](CCC(=O)OCc1ccccc1)C(=O)OCc1ccccc1. The Labute approximate surface area is 250 Å². The lowest BCUT2D eigenvalue weighted by molar-refractivity contribution is -0.150. The fourth-order valence-electron chi connectivity index (χ4n) is 3.83. The highest BCUT2D eigenvalue weighted by Gasteiger charge is 2.28. The zero-order valence-electron chi connectivity index (χ0n) is 23.5. The van der Waals surface area contributed by atoms with E-state index in [1.807, 2.05) is 97.3 Å². The summed E-state index contributed by atoms with van der Waals surface area (Å²) in [5.74, 6) is -1.22. The van der Waals surface area contributed by atoms with Gasteiger partial charge in [-0.3, -0.25) is 9.59 Å². The maximum atomic E-state index is 13.3. The van der Waals surface area contributed by atoms with Gasteiger partial charge in [0.05, 0.1) is 0 Å². The number of esters is 2. The predicted molar refractivity (Wildman–Crippen MR) is 160 cm³/mol. The van der Waals surface area contributed by atoms with Crippen LogP contribution in [0, 0.1) is 0 Å².